The van der Waals surface area contributed by atoms with Gasteiger partial charge in [-0.3, -0.25) is 30.4 Å². The van der Waals surface area contributed by atoms with E-state index in [0.717, 1.165) is 0 Å². The summed E-state index contributed by atoms with van der Waals surface area (Å²) in [5, 5.41) is 25.3. The van der Waals surface area contributed by atoms with Crippen LogP contribution < -0.4 is 16.1 Å². The summed E-state index contributed by atoms with van der Waals surface area (Å²) in [6.45, 7) is 3.34. The highest BCUT2D eigenvalue weighted by atomic mass is 35.5. The Kier molecular flexibility index (Phi) is 7.68. The summed E-state index contributed by atoms with van der Waals surface area (Å²) in [7, 11) is 0. The fourth-order valence-electron chi connectivity index (χ4n) is 6.20. The molecule has 0 aromatic rings. The smallest absolute Gasteiger partial charge is 0.257 e. The van der Waals surface area contributed by atoms with E-state index in [1.165, 1.54) is 0 Å². The van der Waals surface area contributed by atoms with Gasteiger partial charge in [0, 0.05) is 62.0 Å². The molecule has 4 aliphatic rings. The van der Waals surface area contributed by atoms with E-state index in [-0.39, 0.29) is 18.6 Å². The third-order valence-corrected chi connectivity index (χ3v) is 8.19. The number of aliphatic hydroxyl groups is 1. The van der Waals surface area contributed by atoms with Gasteiger partial charge < -0.3 is 5.11 Å². The van der Waals surface area contributed by atoms with Gasteiger partial charge in [-0.05, 0) is 25.7 Å². The van der Waals surface area contributed by atoms with Gasteiger partial charge in [-0.2, -0.15) is 0 Å². The fraction of sp³-hybridized carbons (Fsp3) is 0.950. The molecule has 0 spiro atoms. The largest absolute Gasteiger partial charge is 0.393 e. The molecule has 178 valence electrons. The molecule has 4 fully saturated rings. The quantitative estimate of drug-likeness (QED) is 0.227. The standard InChI is InChI=1S/C20H34ClF2N5O3/c21-12-8-11-19(18(23)16(12)17-13(22)2-1-3-14(17)29)24-10-25-20(11)28-6-4-27(5-7-28)9-15(30)26-31/h11-14,16-20,24-25,29,31H,1-10H2,(H,26,30). The van der Waals surface area contributed by atoms with Crippen LogP contribution in [0.25, 0.3) is 0 Å². The number of nitrogens with one attached hydrogen (secondary N) is 3. The maximum Gasteiger partial charge on any atom is 0.257 e. The molecule has 2 aliphatic carbocycles. The Morgan fingerprint density at radius 1 is 1.13 bits per heavy atom. The van der Waals surface area contributed by atoms with Gasteiger partial charge in [-0.25, -0.2) is 14.3 Å². The van der Waals surface area contributed by atoms with Crippen molar-refractivity contribution in [1.29, 1.82) is 0 Å². The van der Waals surface area contributed by atoms with Crippen molar-refractivity contribution in [2.75, 3.05) is 39.4 Å². The Balaban J connectivity index is 1.42. The lowest BCUT2D eigenvalue weighted by Gasteiger charge is -2.54. The van der Waals surface area contributed by atoms with Crippen molar-refractivity contribution in [2.24, 2.45) is 17.8 Å². The van der Waals surface area contributed by atoms with Gasteiger partial charge in [0.25, 0.3) is 5.91 Å². The van der Waals surface area contributed by atoms with E-state index in [2.05, 4.69) is 15.5 Å². The first kappa shape index (κ1) is 23.5. The molecule has 0 radical (unpaired) electrons. The van der Waals surface area contributed by atoms with Crippen LogP contribution in [-0.4, -0.2) is 101 Å². The molecule has 11 heteroatoms. The lowest BCUT2D eigenvalue weighted by molar-refractivity contribution is -0.131. The van der Waals surface area contributed by atoms with Crippen LogP contribution in [0.2, 0.25) is 0 Å². The maximum absolute atomic E-state index is 15.8. The summed E-state index contributed by atoms with van der Waals surface area (Å²) < 4.78 is 30.5. The molecule has 4 rings (SSSR count). The van der Waals surface area contributed by atoms with E-state index >= 15 is 4.39 Å². The zero-order valence-corrected chi connectivity index (χ0v) is 18.4. The van der Waals surface area contributed by atoms with Crippen molar-refractivity contribution < 1.29 is 23.9 Å². The summed E-state index contributed by atoms with van der Waals surface area (Å²) in [4.78, 5) is 15.6. The Labute approximate surface area is 186 Å². The summed E-state index contributed by atoms with van der Waals surface area (Å²) in [6.07, 6.45) is -1.41. The van der Waals surface area contributed by atoms with Crippen LogP contribution in [0.3, 0.4) is 0 Å². The number of rotatable bonds is 4. The minimum Gasteiger partial charge on any atom is -0.393 e. The van der Waals surface area contributed by atoms with Crippen molar-refractivity contribution in [3.05, 3.63) is 0 Å². The first-order valence-corrected chi connectivity index (χ1v) is 11.8. The second-order valence-corrected chi connectivity index (χ2v) is 9.99. The molecule has 9 atom stereocenters. The van der Waals surface area contributed by atoms with Crippen molar-refractivity contribution in [2.45, 2.75) is 61.7 Å². The van der Waals surface area contributed by atoms with Gasteiger partial charge >= 0.3 is 0 Å². The topological polar surface area (TPSA) is 100 Å². The summed E-state index contributed by atoms with van der Waals surface area (Å²) >= 11 is 6.69. The fourth-order valence-corrected chi connectivity index (χ4v) is 6.71. The number of halogens is 3. The Bertz CT molecular complexity index is 620. The molecular formula is C20H34ClF2N5O3. The van der Waals surface area contributed by atoms with Gasteiger partial charge in [0.1, 0.15) is 12.3 Å². The average Bonchev–Trinajstić information content (AvgIpc) is 2.76. The van der Waals surface area contributed by atoms with Crippen LogP contribution in [0.4, 0.5) is 8.78 Å². The first-order valence-electron chi connectivity index (χ1n) is 11.4. The highest BCUT2D eigenvalue weighted by Crippen LogP contribution is 2.46. The molecule has 31 heavy (non-hydrogen) atoms. The molecule has 2 saturated heterocycles. The SMILES string of the molecule is O=C(CN1CCN(C2NCNC3C(F)C(C4C(O)CCCC4F)C(Cl)CC32)CC1)NO. The normalized spacial score (nSPS) is 45.1. The number of hydrogen-bond acceptors (Lipinski definition) is 7. The number of fused-ring (bicyclic) bond motifs is 1. The van der Waals surface area contributed by atoms with E-state index in [1.807, 2.05) is 4.90 Å². The number of hydrogen-bond donors (Lipinski definition) is 5. The van der Waals surface area contributed by atoms with Crippen LogP contribution in [-0.2, 0) is 4.79 Å². The Morgan fingerprint density at radius 2 is 1.87 bits per heavy atom. The molecule has 0 aromatic heterocycles. The van der Waals surface area contributed by atoms with Crippen LogP contribution in [0.1, 0.15) is 25.7 Å². The molecule has 5 N–H and O–H groups in total. The van der Waals surface area contributed by atoms with Crippen LogP contribution in [0, 0.1) is 17.8 Å². The van der Waals surface area contributed by atoms with Gasteiger partial charge in [0.2, 0.25) is 0 Å². The van der Waals surface area contributed by atoms with Gasteiger partial charge in [-0.1, -0.05) is 0 Å². The summed E-state index contributed by atoms with van der Waals surface area (Å²) in [6, 6.07) is -0.439. The molecular weight excluding hydrogens is 432 g/mol. The molecule has 2 aliphatic heterocycles. The van der Waals surface area contributed by atoms with Crippen LogP contribution in [0.15, 0.2) is 0 Å². The third kappa shape index (κ3) is 4.85. The van der Waals surface area contributed by atoms with E-state index in [1.54, 1.807) is 5.48 Å². The maximum atomic E-state index is 15.8. The molecule has 0 bridgehead atoms. The third-order valence-electron chi connectivity index (χ3n) is 7.72. The highest BCUT2D eigenvalue weighted by Gasteiger charge is 2.55. The number of carbonyl (C=O) groups excluding carboxylic acids is 1. The molecule has 8 nitrogen and oxygen atoms in total. The minimum absolute atomic E-state index is 0.0574. The molecule has 0 aromatic carbocycles. The number of nitrogens with zero attached hydrogens (tertiary/aromatic N) is 2. The molecule has 2 saturated carbocycles. The molecule has 9 unspecified atom stereocenters. The van der Waals surface area contributed by atoms with Gasteiger partial charge in [0.05, 0.1) is 18.8 Å². The lowest BCUT2D eigenvalue weighted by atomic mass is 9.65. The van der Waals surface area contributed by atoms with E-state index in [0.29, 0.717) is 58.5 Å². The van der Waals surface area contributed by atoms with Gasteiger partial charge in [-0.15, -0.1) is 11.6 Å². The highest BCUT2D eigenvalue weighted by molar-refractivity contribution is 6.21. The number of carbonyl (C=O) groups is 1. The van der Waals surface area contributed by atoms with Crippen molar-refractivity contribution in [3.8, 4) is 0 Å². The number of alkyl halides is 3. The summed E-state index contributed by atoms with van der Waals surface area (Å²) in [5.74, 6) is -1.96. The lowest BCUT2D eigenvalue weighted by Crippen LogP contribution is -2.71. The van der Waals surface area contributed by atoms with E-state index in [9.17, 15) is 14.3 Å². The van der Waals surface area contributed by atoms with E-state index in [4.69, 9.17) is 16.8 Å². The van der Waals surface area contributed by atoms with Gasteiger partial charge in [0.15, 0.2) is 0 Å². The Morgan fingerprint density at radius 3 is 2.55 bits per heavy atom. The minimum atomic E-state index is -1.32. The van der Waals surface area contributed by atoms with Crippen LogP contribution >= 0.6 is 11.6 Å². The number of amides is 1. The predicted octanol–water partition coefficient (Wildman–Crippen LogP) is 0.0351. The monoisotopic (exact) mass is 465 g/mol. The van der Waals surface area contributed by atoms with Crippen molar-refractivity contribution >= 4 is 17.5 Å². The van der Waals surface area contributed by atoms with Crippen molar-refractivity contribution in [1.82, 2.24) is 25.9 Å². The second kappa shape index (κ2) is 10.1. The van der Waals surface area contributed by atoms with E-state index < -0.39 is 47.6 Å². The number of aliphatic hydroxyl groups excluding tert-OH is 1. The second-order valence-electron chi connectivity index (χ2n) is 9.43. The molecule has 2 heterocycles. The number of piperazine rings is 1. The predicted molar refractivity (Wildman–Crippen MR) is 111 cm³/mol. The number of hydroxylamine groups is 1. The molecule has 1 amide bonds. The average molecular weight is 466 g/mol. The summed E-state index contributed by atoms with van der Waals surface area (Å²) in [5.41, 5.74) is 1.66. The zero-order valence-electron chi connectivity index (χ0n) is 17.6. The Hall–Kier alpha value is -0.620. The van der Waals surface area contributed by atoms with Crippen LogP contribution in [0.5, 0.6) is 0 Å². The van der Waals surface area contributed by atoms with Crippen molar-refractivity contribution in [3.63, 3.8) is 0 Å². The first-order chi connectivity index (χ1) is 14.9. The zero-order chi connectivity index (χ0) is 22.1.